The van der Waals surface area contributed by atoms with E-state index in [9.17, 15) is 29.1 Å². The number of fused-ring (bicyclic) bond motifs is 7. The Morgan fingerprint density at radius 2 is 1.88 bits per heavy atom. The van der Waals surface area contributed by atoms with Crippen molar-refractivity contribution in [1.29, 1.82) is 0 Å². The van der Waals surface area contributed by atoms with Gasteiger partial charge in [0.25, 0.3) is 5.91 Å². The summed E-state index contributed by atoms with van der Waals surface area (Å²) in [5.74, 6) is -2.83. The smallest absolute Gasteiger partial charge is 0.324 e. The number of ether oxygens (including phenoxy) is 2. The number of likely N-dealkylation sites (N-methyl/N-ethyl adjacent to an activating group) is 1. The van der Waals surface area contributed by atoms with Gasteiger partial charge in [-0.3, -0.25) is 34.0 Å². The third-order valence-corrected chi connectivity index (χ3v) is 14.1. The monoisotopic (exact) mass is 915 g/mol. The number of nitrogens with zero attached hydrogens (tertiary/aromatic N) is 5. The standard InChI is InChI=1S/C52H65N7O8/c1-9-44(61)57-19-17-34(28-57)49(63)56(7)46(30(3)4)48(62)54-41-22-31-20-35(23-36(60)21-31)32-13-15-42-37(24-32)38(25-52(5,6)29-67-51(65)40-12-11-18-59(55-40)50(41)64)47(58(42)10-2)39-27-53-26-33-14-16-43(66-8)45(33)39/h9,13,15,20-21,23-24,26-27,30,34,40-41,43,46,55,60H,1,10-12,14,16-19,22,25,28-29H2,2-8H3,(H,54,62)/t34-,40-,41-,43-,46-/m0/s1. The molecule has 4 aromatic rings. The van der Waals surface area contributed by atoms with E-state index in [1.54, 1.807) is 31.2 Å². The first-order chi connectivity index (χ1) is 32.0. The highest BCUT2D eigenvalue weighted by Gasteiger charge is 2.40. The zero-order valence-corrected chi connectivity index (χ0v) is 39.9. The molecule has 1 aliphatic carbocycles. The molecule has 2 aromatic carbocycles. The number of esters is 1. The van der Waals surface area contributed by atoms with Gasteiger partial charge in [0.2, 0.25) is 17.7 Å². The van der Waals surface area contributed by atoms with Crippen LogP contribution in [0.4, 0.5) is 0 Å². The number of hydrogen-bond donors (Lipinski definition) is 3. The highest BCUT2D eigenvalue weighted by atomic mass is 16.5. The van der Waals surface area contributed by atoms with Gasteiger partial charge in [-0.15, -0.1) is 0 Å². The highest BCUT2D eigenvalue weighted by Crippen LogP contribution is 2.46. The number of carbonyl (C=O) groups is 5. The van der Waals surface area contributed by atoms with Gasteiger partial charge in [0.1, 0.15) is 23.9 Å². The van der Waals surface area contributed by atoms with E-state index in [0.717, 1.165) is 57.3 Å². The molecule has 3 N–H and O–H groups in total. The molecule has 2 aromatic heterocycles. The summed E-state index contributed by atoms with van der Waals surface area (Å²) in [5.41, 5.74) is 11.3. The van der Waals surface area contributed by atoms with Crippen molar-refractivity contribution >= 4 is 40.5 Å². The Kier molecular flexibility index (Phi) is 13.6. The van der Waals surface area contributed by atoms with E-state index in [0.29, 0.717) is 44.3 Å². The Balaban J connectivity index is 1.20. The summed E-state index contributed by atoms with van der Waals surface area (Å²) in [6.07, 6.45) is 8.76. The number of amides is 4. The molecule has 5 heterocycles. The molecule has 0 unspecified atom stereocenters. The summed E-state index contributed by atoms with van der Waals surface area (Å²) in [4.78, 5) is 77.2. The maximum Gasteiger partial charge on any atom is 0.324 e. The largest absolute Gasteiger partial charge is 0.508 e. The minimum atomic E-state index is -1.16. The van der Waals surface area contributed by atoms with Gasteiger partial charge in [-0.25, -0.2) is 5.43 Å². The lowest BCUT2D eigenvalue weighted by atomic mass is 9.83. The molecule has 4 amide bonds. The van der Waals surface area contributed by atoms with Crippen molar-refractivity contribution in [2.45, 2.75) is 110 Å². The summed E-state index contributed by atoms with van der Waals surface area (Å²) < 4.78 is 14.5. The molecule has 5 atom stereocenters. The molecule has 0 radical (unpaired) electrons. The molecular formula is C52H65N7O8. The number of hydrogen-bond acceptors (Lipinski definition) is 10. The predicted molar refractivity (Wildman–Crippen MR) is 254 cm³/mol. The molecule has 0 spiro atoms. The number of pyridine rings is 1. The Bertz CT molecular complexity index is 2600. The second-order valence-corrected chi connectivity index (χ2v) is 19.9. The lowest BCUT2D eigenvalue weighted by Gasteiger charge is -2.37. The number of rotatable bonds is 9. The van der Waals surface area contributed by atoms with Crippen LogP contribution in [0, 0.1) is 17.3 Å². The number of likely N-dealkylation sites (tertiary alicyclic amines) is 1. The lowest BCUT2D eigenvalue weighted by Crippen LogP contribution is -2.62. The number of aromatic hydroxyl groups is 1. The van der Waals surface area contributed by atoms with E-state index in [1.807, 2.05) is 38.4 Å². The summed E-state index contributed by atoms with van der Waals surface area (Å²) in [5, 5.41) is 16.8. The van der Waals surface area contributed by atoms with Gasteiger partial charge in [-0.1, -0.05) is 46.4 Å². The first-order valence-electron chi connectivity index (χ1n) is 23.7. The molecular weight excluding hydrogens is 851 g/mol. The topological polar surface area (TPSA) is 176 Å². The number of methoxy groups -OCH3 is 1. The van der Waals surface area contributed by atoms with Crippen LogP contribution in [0.25, 0.3) is 33.3 Å². The molecule has 15 nitrogen and oxygen atoms in total. The van der Waals surface area contributed by atoms with Crippen molar-refractivity contribution in [3.05, 3.63) is 83.7 Å². The summed E-state index contributed by atoms with van der Waals surface area (Å²) in [6, 6.07) is 8.60. The first kappa shape index (κ1) is 47.4. The normalized spacial score (nSPS) is 22.3. The Morgan fingerprint density at radius 1 is 1.09 bits per heavy atom. The van der Waals surface area contributed by atoms with Gasteiger partial charge in [0.15, 0.2) is 0 Å². The number of cyclic esters (lactones) is 1. The van der Waals surface area contributed by atoms with E-state index < -0.39 is 47.2 Å². The minimum Gasteiger partial charge on any atom is -0.508 e. The van der Waals surface area contributed by atoms with Gasteiger partial charge < -0.3 is 34.3 Å². The Hall–Kier alpha value is -6.06. The first-order valence-corrected chi connectivity index (χ1v) is 23.7. The molecule has 67 heavy (non-hydrogen) atoms. The molecule has 3 aliphatic heterocycles. The molecule has 15 heteroatoms. The molecule has 2 saturated heterocycles. The van der Waals surface area contributed by atoms with Crippen LogP contribution >= 0.6 is 0 Å². The molecule has 4 aliphatic rings. The van der Waals surface area contributed by atoms with Crippen molar-refractivity contribution < 1.29 is 38.6 Å². The van der Waals surface area contributed by atoms with Crippen molar-refractivity contribution in [3.8, 4) is 28.1 Å². The molecule has 0 saturated carbocycles. The quantitative estimate of drug-likeness (QED) is 0.136. The number of nitrogens with one attached hydrogen (secondary N) is 2. The fourth-order valence-electron chi connectivity index (χ4n) is 10.9. The van der Waals surface area contributed by atoms with Crippen molar-refractivity contribution in [1.82, 2.24) is 35.1 Å². The fraction of sp³-hybridized carbons (Fsp3) is 0.500. The average Bonchev–Trinajstić information content (AvgIpc) is 4.05. The molecule has 356 valence electrons. The van der Waals surface area contributed by atoms with Crippen LogP contribution in [0.1, 0.15) is 88.7 Å². The molecule has 2 fully saturated rings. The van der Waals surface area contributed by atoms with Crippen molar-refractivity contribution in [2.75, 3.05) is 40.4 Å². The second kappa shape index (κ2) is 19.3. The number of phenolic OH excluding ortho intramolecular Hbond substituents is 1. The SMILES string of the molecule is C=CC(=O)N1CC[C@H](C(=O)N(C)[C@H](C(=O)N[C@H]2Cc3cc(O)cc(c3)-c3ccc4c(c3)c(c(-c3cncc5c3[C@@H](OC)CC5)n4CC)CC(C)(C)COC(=O)[C@@H]3CCCN(N3)C2=O)C(C)C)C1. The van der Waals surface area contributed by atoms with Crippen LogP contribution in [-0.2, 0) is 59.3 Å². The summed E-state index contributed by atoms with van der Waals surface area (Å²) in [6.45, 7) is 15.3. The Labute approximate surface area is 392 Å². The van der Waals surface area contributed by atoms with Crippen LogP contribution in [0.2, 0.25) is 0 Å². The van der Waals surface area contributed by atoms with Gasteiger partial charge in [0, 0.05) is 81.0 Å². The maximum atomic E-state index is 14.7. The second-order valence-electron chi connectivity index (χ2n) is 19.9. The average molecular weight is 916 g/mol. The third-order valence-electron chi connectivity index (χ3n) is 14.1. The van der Waals surface area contributed by atoms with Crippen molar-refractivity contribution in [2.24, 2.45) is 17.3 Å². The summed E-state index contributed by atoms with van der Waals surface area (Å²) >= 11 is 0. The van der Waals surface area contributed by atoms with E-state index in [1.165, 1.54) is 21.5 Å². The molecule has 6 bridgehead atoms. The lowest BCUT2D eigenvalue weighted by molar-refractivity contribution is -0.155. The number of phenols is 1. The van der Waals surface area contributed by atoms with Gasteiger partial charge in [-0.05, 0) is 115 Å². The number of benzene rings is 2. The maximum absolute atomic E-state index is 14.7. The van der Waals surface area contributed by atoms with E-state index >= 15 is 0 Å². The number of hydrazine groups is 1. The van der Waals surface area contributed by atoms with Gasteiger partial charge in [0.05, 0.1) is 24.3 Å². The van der Waals surface area contributed by atoms with Crippen LogP contribution in [0.15, 0.2) is 61.4 Å². The minimum absolute atomic E-state index is 0.00549. The zero-order chi connectivity index (χ0) is 47.9. The van der Waals surface area contributed by atoms with E-state index in [2.05, 4.69) is 54.8 Å². The highest BCUT2D eigenvalue weighted by molar-refractivity contribution is 5.96. The third kappa shape index (κ3) is 9.45. The number of carbonyl (C=O) groups excluding carboxylic acids is 5. The van der Waals surface area contributed by atoms with E-state index in [4.69, 9.17) is 14.5 Å². The zero-order valence-electron chi connectivity index (χ0n) is 39.9. The van der Waals surface area contributed by atoms with Crippen LogP contribution in [-0.4, -0.2) is 118 Å². The fourth-order valence-corrected chi connectivity index (χ4v) is 10.9. The van der Waals surface area contributed by atoms with E-state index in [-0.39, 0.29) is 55.7 Å². The van der Waals surface area contributed by atoms with Crippen LogP contribution in [0.5, 0.6) is 5.75 Å². The van der Waals surface area contributed by atoms with Crippen LogP contribution < -0.4 is 10.7 Å². The number of aromatic nitrogens is 2. The van der Waals surface area contributed by atoms with Crippen molar-refractivity contribution in [3.63, 3.8) is 0 Å². The Morgan fingerprint density at radius 3 is 2.61 bits per heavy atom. The van der Waals surface area contributed by atoms with Gasteiger partial charge in [-0.2, -0.15) is 0 Å². The molecule has 8 rings (SSSR count). The van der Waals surface area contributed by atoms with Crippen LogP contribution in [0.3, 0.4) is 0 Å². The number of aryl methyl sites for hydroxylation is 2. The summed E-state index contributed by atoms with van der Waals surface area (Å²) in [7, 11) is 3.34. The van der Waals surface area contributed by atoms with Gasteiger partial charge >= 0.3 is 5.97 Å². The predicted octanol–water partition coefficient (Wildman–Crippen LogP) is 5.90.